The van der Waals surface area contributed by atoms with Gasteiger partial charge in [-0.2, -0.15) is 5.26 Å². The van der Waals surface area contributed by atoms with E-state index in [1.807, 2.05) is 61.5 Å². The number of benzene rings is 3. The number of fused-ring (bicyclic) bond motifs is 1. The molecule has 26 heavy (non-hydrogen) atoms. The first-order chi connectivity index (χ1) is 12.7. The number of hydrogen-bond donors (Lipinski definition) is 1. The second-order valence-electron chi connectivity index (χ2n) is 6.04. The number of nitrogens with zero attached hydrogens (tertiary/aromatic N) is 1. The van der Waals surface area contributed by atoms with E-state index in [1.54, 1.807) is 12.1 Å². The Bertz CT molecular complexity index is 942. The molecule has 0 spiro atoms. The lowest BCUT2D eigenvalue weighted by Gasteiger charge is -2.18. The highest BCUT2D eigenvalue weighted by Crippen LogP contribution is 2.22. The van der Waals surface area contributed by atoms with Crippen LogP contribution in [0, 0.1) is 11.3 Å². The van der Waals surface area contributed by atoms with Gasteiger partial charge in [0.05, 0.1) is 12.5 Å². The number of nitriles is 1. The van der Waals surface area contributed by atoms with Crippen molar-refractivity contribution in [2.75, 3.05) is 5.32 Å². The molecule has 0 heterocycles. The summed E-state index contributed by atoms with van der Waals surface area (Å²) in [6, 6.07) is 23.2. The van der Waals surface area contributed by atoms with Gasteiger partial charge in [0, 0.05) is 5.69 Å². The summed E-state index contributed by atoms with van der Waals surface area (Å²) >= 11 is 0. The Morgan fingerprint density at radius 2 is 1.81 bits per heavy atom. The van der Waals surface area contributed by atoms with E-state index in [1.165, 1.54) is 0 Å². The molecule has 0 bridgehead atoms. The lowest BCUT2D eigenvalue weighted by molar-refractivity contribution is -0.122. The van der Waals surface area contributed by atoms with Crippen LogP contribution in [-0.2, 0) is 11.2 Å². The molecule has 0 aliphatic carbocycles. The maximum absolute atomic E-state index is 12.5. The molecule has 3 rings (SSSR count). The van der Waals surface area contributed by atoms with Crippen molar-refractivity contribution in [1.82, 2.24) is 0 Å². The van der Waals surface area contributed by atoms with Crippen LogP contribution in [0.1, 0.15) is 18.9 Å². The molecule has 4 heteroatoms. The van der Waals surface area contributed by atoms with Crippen molar-refractivity contribution < 1.29 is 9.53 Å². The quantitative estimate of drug-likeness (QED) is 0.705. The summed E-state index contributed by atoms with van der Waals surface area (Å²) in [5, 5.41) is 13.8. The summed E-state index contributed by atoms with van der Waals surface area (Å²) in [7, 11) is 0. The minimum absolute atomic E-state index is 0.186. The van der Waals surface area contributed by atoms with Crippen LogP contribution in [-0.4, -0.2) is 12.0 Å². The molecule has 0 aromatic heterocycles. The van der Waals surface area contributed by atoms with Crippen molar-refractivity contribution in [1.29, 1.82) is 5.26 Å². The maximum Gasteiger partial charge on any atom is 0.265 e. The number of anilines is 1. The zero-order valence-electron chi connectivity index (χ0n) is 14.6. The van der Waals surface area contributed by atoms with Crippen LogP contribution >= 0.6 is 0 Å². The van der Waals surface area contributed by atoms with Gasteiger partial charge in [0.15, 0.2) is 6.10 Å². The zero-order chi connectivity index (χ0) is 18.4. The van der Waals surface area contributed by atoms with Gasteiger partial charge in [-0.1, -0.05) is 49.4 Å². The van der Waals surface area contributed by atoms with Crippen molar-refractivity contribution in [3.63, 3.8) is 0 Å². The number of nitrogens with one attached hydrogen (secondary N) is 1. The summed E-state index contributed by atoms with van der Waals surface area (Å²) in [6.45, 7) is 1.92. The smallest absolute Gasteiger partial charge is 0.265 e. The predicted octanol–water partition coefficient (Wildman–Crippen LogP) is 4.70. The number of rotatable bonds is 6. The molecule has 1 N–H and O–H groups in total. The summed E-state index contributed by atoms with van der Waals surface area (Å²) in [5.41, 5.74) is 1.61. The van der Waals surface area contributed by atoms with Gasteiger partial charge < -0.3 is 10.1 Å². The maximum atomic E-state index is 12.5. The van der Waals surface area contributed by atoms with Crippen LogP contribution in [0.5, 0.6) is 5.75 Å². The normalized spacial score (nSPS) is 11.5. The van der Waals surface area contributed by atoms with Gasteiger partial charge in [0.25, 0.3) is 5.91 Å². The van der Waals surface area contributed by atoms with E-state index in [0.29, 0.717) is 24.3 Å². The number of amides is 1. The van der Waals surface area contributed by atoms with Gasteiger partial charge in [0.2, 0.25) is 0 Å². The molecule has 0 saturated carbocycles. The molecule has 0 saturated heterocycles. The molecule has 1 amide bonds. The first kappa shape index (κ1) is 17.5. The molecule has 0 fully saturated rings. The third kappa shape index (κ3) is 4.20. The standard InChI is InChI=1S/C22H20N2O2/c1-2-21(22(25)24-19-10-7-16(8-11-19)13-14-23)26-20-12-9-17-5-3-4-6-18(17)15-20/h3-12,15,21H,2,13H2,1H3,(H,24,25)/t21-/m0/s1. The van der Waals surface area contributed by atoms with Crippen molar-refractivity contribution in [2.45, 2.75) is 25.9 Å². The highest BCUT2D eigenvalue weighted by Gasteiger charge is 2.18. The lowest BCUT2D eigenvalue weighted by Crippen LogP contribution is -2.32. The van der Waals surface area contributed by atoms with Crippen LogP contribution in [0.15, 0.2) is 66.7 Å². The second-order valence-corrected chi connectivity index (χ2v) is 6.04. The Hall–Kier alpha value is -3.32. The summed E-state index contributed by atoms with van der Waals surface area (Å²) in [5.74, 6) is 0.490. The third-order valence-electron chi connectivity index (χ3n) is 4.17. The van der Waals surface area contributed by atoms with Crippen molar-refractivity contribution >= 4 is 22.4 Å². The monoisotopic (exact) mass is 344 g/mol. The van der Waals surface area contributed by atoms with Crippen molar-refractivity contribution in [3.05, 3.63) is 72.3 Å². The largest absolute Gasteiger partial charge is 0.481 e. The first-order valence-electron chi connectivity index (χ1n) is 8.62. The fourth-order valence-electron chi connectivity index (χ4n) is 2.75. The van der Waals surface area contributed by atoms with Crippen molar-refractivity contribution in [2.24, 2.45) is 0 Å². The zero-order valence-corrected chi connectivity index (χ0v) is 14.6. The van der Waals surface area contributed by atoms with Gasteiger partial charge in [-0.25, -0.2) is 0 Å². The Morgan fingerprint density at radius 1 is 1.08 bits per heavy atom. The van der Waals surface area contributed by atoms with E-state index in [9.17, 15) is 4.79 Å². The molecule has 3 aromatic rings. The van der Waals surface area contributed by atoms with Crippen molar-refractivity contribution in [3.8, 4) is 11.8 Å². The molecular weight excluding hydrogens is 324 g/mol. The van der Waals surface area contributed by atoms with Gasteiger partial charge >= 0.3 is 0 Å². The van der Waals surface area contributed by atoms with E-state index in [-0.39, 0.29) is 5.91 Å². The minimum Gasteiger partial charge on any atom is -0.481 e. The van der Waals surface area contributed by atoms with E-state index in [4.69, 9.17) is 10.00 Å². The molecule has 130 valence electrons. The van der Waals surface area contributed by atoms with Crippen LogP contribution in [0.2, 0.25) is 0 Å². The van der Waals surface area contributed by atoms with Gasteiger partial charge in [-0.3, -0.25) is 4.79 Å². The third-order valence-corrected chi connectivity index (χ3v) is 4.17. The Morgan fingerprint density at radius 3 is 2.50 bits per heavy atom. The predicted molar refractivity (Wildman–Crippen MR) is 103 cm³/mol. The summed E-state index contributed by atoms with van der Waals surface area (Å²) in [6.07, 6.45) is 0.345. The highest BCUT2D eigenvalue weighted by molar-refractivity contribution is 5.94. The van der Waals surface area contributed by atoms with Gasteiger partial charge in [0.1, 0.15) is 5.75 Å². The van der Waals surface area contributed by atoms with E-state index in [0.717, 1.165) is 16.3 Å². The van der Waals surface area contributed by atoms with E-state index in [2.05, 4.69) is 11.4 Å². The van der Waals surface area contributed by atoms with Crippen LogP contribution < -0.4 is 10.1 Å². The minimum atomic E-state index is -0.574. The topological polar surface area (TPSA) is 62.1 Å². The highest BCUT2D eigenvalue weighted by atomic mass is 16.5. The molecule has 4 nitrogen and oxygen atoms in total. The molecule has 0 aliphatic heterocycles. The Labute approximate surface area is 153 Å². The Kier molecular flexibility index (Phi) is 5.50. The second kappa shape index (κ2) is 8.17. The summed E-state index contributed by atoms with van der Waals surface area (Å²) in [4.78, 5) is 12.5. The molecule has 0 unspecified atom stereocenters. The number of ether oxygens (including phenoxy) is 1. The average molecular weight is 344 g/mol. The number of carbonyl (C=O) groups is 1. The first-order valence-corrected chi connectivity index (χ1v) is 8.62. The summed E-state index contributed by atoms with van der Waals surface area (Å²) < 4.78 is 5.91. The fourth-order valence-corrected chi connectivity index (χ4v) is 2.75. The molecule has 0 radical (unpaired) electrons. The van der Waals surface area contributed by atoms with Gasteiger partial charge in [-0.05, 0) is 47.0 Å². The average Bonchev–Trinajstić information content (AvgIpc) is 2.67. The van der Waals surface area contributed by atoms with Gasteiger partial charge in [-0.15, -0.1) is 0 Å². The van der Waals surface area contributed by atoms with Crippen LogP contribution in [0.25, 0.3) is 10.8 Å². The number of carbonyl (C=O) groups excluding carboxylic acids is 1. The number of hydrogen-bond acceptors (Lipinski definition) is 3. The lowest BCUT2D eigenvalue weighted by atomic mass is 10.1. The Balaban J connectivity index is 1.68. The van der Waals surface area contributed by atoms with Crippen LogP contribution in [0.4, 0.5) is 5.69 Å². The molecule has 0 aliphatic rings. The molecule has 1 atom stereocenters. The fraction of sp³-hybridized carbons (Fsp3) is 0.182. The molecular formula is C22H20N2O2. The SMILES string of the molecule is CC[C@H](Oc1ccc2ccccc2c1)C(=O)Nc1ccc(CC#N)cc1. The van der Waals surface area contributed by atoms with Crippen LogP contribution in [0.3, 0.4) is 0 Å². The molecule has 3 aromatic carbocycles. The van der Waals surface area contributed by atoms with E-state index >= 15 is 0 Å². The van der Waals surface area contributed by atoms with E-state index < -0.39 is 6.10 Å².